The van der Waals surface area contributed by atoms with Crippen molar-refractivity contribution in [2.45, 2.75) is 30.3 Å². The molecule has 0 bridgehead atoms. The van der Waals surface area contributed by atoms with Gasteiger partial charge < -0.3 is 9.84 Å². The number of hydrogen-bond donors (Lipinski definition) is 1. The Balaban J connectivity index is 2.24. The van der Waals surface area contributed by atoms with E-state index >= 15 is 0 Å². The molecule has 1 saturated heterocycles. The van der Waals surface area contributed by atoms with Crippen molar-refractivity contribution >= 4 is 27.4 Å². The predicted octanol–water partition coefficient (Wildman–Crippen LogP) is 2.38. The topological polar surface area (TPSA) is 80.7 Å². The number of carboxylic acids is 1. The summed E-state index contributed by atoms with van der Waals surface area (Å²) in [7, 11) is -3.58. The molecule has 7 heteroatoms. The van der Waals surface area contributed by atoms with Gasteiger partial charge >= 0.3 is 5.97 Å². The predicted molar refractivity (Wildman–Crippen MR) is 74.1 cm³/mol. The largest absolute Gasteiger partial charge is 0.478 e. The Kier molecular flexibility index (Phi) is 4.67. The molecule has 1 atom stereocenters. The smallest absolute Gasteiger partial charge is 0.337 e. The van der Waals surface area contributed by atoms with Gasteiger partial charge in [0.25, 0.3) is 0 Å². The zero-order chi connectivity index (χ0) is 14.8. The van der Waals surface area contributed by atoms with Crippen LogP contribution in [0.3, 0.4) is 0 Å². The number of hydrogen-bond acceptors (Lipinski definition) is 4. The lowest BCUT2D eigenvalue weighted by molar-refractivity contribution is 0.0305. The number of carboxylic acid groups (broad SMARTS) is 1. The second-order valence-corrected chi connectivity index (χ2v) is 7.16. The molecule has 0 aliphatic carbocycles. The molecule has 0 saturated carbocycles. The van der Waals surface area contributed by atoms with E-state index in [1.807, 2.05) is 0 Å². The number of carbonyl (C=O) groups is 1. The highest BCUT2D eigenvalue weighted by Crippen LogP contribution is 2.23. The first-order valence-corrected chi connectivity index (χ1v) is 8.30. The Morgan fingerprint density at radius 2 is 2.15 bits per heavy atom. The Morgan fingerprint density at radius 3 is 2.75 bits per heavy atom. The molecule has 1 aliphatic rings. The van der Waals surface area contributed by atoms with Gasteiger partial charge in [0.05, 0.1) is 27.3 Å². The molecule has 20 heavy (non-hydrogen) atoms. The molecule has 1 aliphatic heterocycles. The number of ether oxygens (including phenoxy) is 1. The van der Waals surface area contributed by atoms with Gasteiger partial charge in [-0.25, -0.2) is 13.2 Å². The van der Waals surface area contributed by atoms with Crippen LogP contribution in [-0.2, 0) is 14.6 Å². The van der Waals surface area contributed by atoms with Crippen LogP contribution in [-0.4, -0.2) is 38.0 Å². The van der Waals surface area contributed by atoms with Gasteiger partial charge in [-0.15, -0.1) is 0 Å². The molecule has 0 amide bonds. The van der Waals surface area contributed by atoms with Gasteiger partial charge in [-0.05, 0) is 37.5 Å². The first kappa shape index (κ1) is 15.3. The average Bonchev–Trinajstić information content (AvgIpc) is 2.39. The highest BCUT2D eigenvalue weighted by atomic mass is 35.5. The summed E-state index contributed by atoms with van der Waals surface area (Å²) in [6, 6.07) is 3.72. The first-order chi connectivity index (χ1) is 9.40. The minimum Gasteiger partial charge on any atom is -0.478 e. The zero-order valence-corrected chi connectivity index (χ0v) is 12.3. The minimum atomic E-state index is -3.58. The van der Waals surface area contributed by atoms with E-state index in [4.69, 9.17) is 21.4 Å². The van der Waals surface area contributed by atoms with Gasteiger partial charge in [-0.3, -0.25) is 0 Å². The molecular weight excluding hydrogens is 304 g/mol. The summed E-state index contributed by atoms with van der Waals surface area (Å²) in [6.07, 6.45) is 2.28. The van der Waals surface area contributed by atoms with Crippen LogP contribution in [0.1, 0.15) is 29.6 Å². The van der Waals surface area contributed by atoms with Crippen molar-refractivity contribution in [3.05, 3.63) is 28.8 Å². The zero-order valence-electron chi connectivity index (χ0n) is 10.7. The molecule has 1 N–H and O–H groups in total. The van der Waals surface area contributed by atoms with E-state index in [0.717, 1.165) is 18.9 Å². The van der Waals surface area contributed by atoms with Crippen molar-refractivity contribution in [3.63, 3.8) is 0 Å². The molecule has 1 aromatic carbocycles. The van der Waals surface area contributed by atoms with E-state index in [1.54, 1.807) is 0 Å². The Hall–Kier alpha value is -1.11. The van der Waals surface area contributed by atoms with Crippen molar-refractivity contribution in [2.75, 3.05) is 12.4 Å². The van der Waals surface area contributed by atoms with Gasteiger partial charge in [0.15, 0.2) is 9.84 Å². The summed E-state index contributed by atoms with van der Waals surface area (Å²) >= 11 is 5.73. The van der Waals surface area contributed by atoms with Crippen molar-refractivity contribution < 1.29 is 23.1 Å². The maximum absolute atomic E-state index is 12.3. The van der Waals surface area contributed by atoms with Crippen LogP contribution in [0, 0.1) is 0 Å². The fourth-order valence-corrected chi connectivity index (χ4v) is 3.86. The van der Waals surface area contributed by atoms with Crippen molar-refractivity contribution in [1.29, 1.82) is 0 Å². The van der Waals surface area contributed by atoms with E-state index in [0.29, 0.717) is 13.0 Å². The standard InChI is InChI=1S/C13H15ClO5S/c14-12-5-4-10(7-11(12)13(15)16)20(17,18)8-9-3-1-2-6-19-9/h4-5,7,9H,1-3,6,8H2,(H,15,16). The van der Waals surface area contributed by atoms with Crippen LogP contribution in [0.5, 0.6) is 0 Å². The molecule has 1 unspecified atom stereocenters. The second kappa shape index (κ2) is 6.11. The number of rotatable bonds is 4. The quantitative estimate of drug-likeness (QED) is 0.921. The third kappa shape index (κ3) is 3.50. The van der Waals surface area contributed by atoms with Gasteiger partial charge in [-0.2, -0.15) is 0 Å². The lowest BCUT2D eigenvalue weighted by Crippen LogP contribution is -2.27. The maximum Gasteiger partial charge on any atom is 0.337 e. The molecule has 1 fully saturated rings. The SMILES string of the molecule is O=C(O)c1cc(S(=O)(=O)CC2CCCCO2)ccc1Cl. The minimum absolute atomic E-state index is 0.0189. The van der Waals surface area contributed by atoms with Crippen molar-refractivity contribution in [1.82, 2.24) is 0 Å². The Morgan fingerprint density at radius 1 is 1.40 bits per heavy atom. The van der Waals surface area contributed by atoms with Crippen LogP contribution in [0.4, 0.5) is 0 Å². The number of halogens is 1. The fraction of sp³-hybridized carbons (Fsp3) is 0.462. The van der Waals surface area contributed by atoms with Gasteiger partial charge in [0.1, 0.15) is 0 Å². The van der Waals surface area contributed by atoms with E-state index < -0.39 is 15.8 Å². The van der Waals surface area contributed by atoms with E-state index in [1.165, 1.54) is 12.1 Å². The Labute approximate surface area is 122 Å². The van der Waals surface area contributed by atoms with Crippen LogP contribution in [0.15, 0.2) is 23.1 Å². The third-order valence-corrected chi connectivity index (χ3v) is 5.32. The number of benzene rings is 1. The molecule has 1 heterocycles. The normalized spacial score (nSPS) is 19.8. The summed E-state index contributed by atoms with van der Waals surface area (Å²) in [4.78, 5) is 11.0. The van der Waals surface area contributed by atoms with Crippen molar-refractivity contribution in [2.24, 2.45) is 0 Å². The summed E-state index contributed by atoms with van der Waals surface area (Å²) < 4.78 is 30.0. The van der Waals surface area contributed by atoms with Crippen LogP contribution in [0.25, 0.3) is 0 Å². The van der Waals surface area contributed by atoms with Crippen LogP contribution >= 0.6 is 11.6 Å². The van der Waals surface area contributed by atoms with Crippen LogP contribution in [0.2, 0.25) is 5.02 Å². The van der Waals surface area contributed by atoms with Crippen molar-refractivity contribution in [3.8, 4) is 0 Å². The second-order valence-electron chi connectivity index (χ2n) is 4.72. The van der Waals surface area contributed by atoms with E-state index in [2.05, 4.69) is 0 Å². The molecule has 5 nitrogen and oxygen atoms in total. The highest BCUT2D eigenvalue weighted by Gasteiger charge is 2.25. The highest BCUT2D eigenvalue weighted by molar-refractivity contribution is 7.91. The average molecular weight is 319 g/mol. The summed E-state index contributed by atoms with van der Waals surface area (Å²) in [5.74, 6) is -1.38. The molecule has 1 aromatic rings. The van der Waals surface area contributed by atoms with E-state index in [9.17, 15) is 13.2 Å². The molecule has 0 spiro atoms. The third-order valence-electron chi connectivity index (χ3n) is 3.21. The molecule has 110 valence electrons. The van der Waals surface area contributed by atoms with Gasteiger partial charge in [-0.1, -0.05) is 11.6 Å². The molecule has 0 aromatic heterocycles. The fourth-order valence-electron chi connectivity index (χ4n) is 2.14. The molecular formula is C13H15ClO5S. The number of aromatic carboxylic acids is 1. The number of sulfone groups is 1. The Bertz CT molecular complexity index is 605. The van der Waals surface area contributed by atoms with E-state index in [-0.39, 0.29) is 27.3 Å². The van der Waals surface area contributed by atoms with Gasteiger partial charge in [0.2, 0.25) is 0 Å². The lowest BCUT2D eigenvalue weighted by atomic mass is 10.1. The summed E-state index contributed by atoms with van der Waals surface area (Å²) in [5, 5.41) is 8.99. The van der Waals surface area contributed by atoms with Crippen LogP contribution < -0.4 is 0 Å². The van der Waals surface area contributed by atoms with Gasteiger partial charge in [0, 0.05) is 6.61 Å². The summed E-state index contributed by atoms with van der Waals surface area (Å²) in [6.45, 7) is 0.571. The monoisotopic (exact) mass is 318 g/mol. The lowest BCUT2D eigenvalue weighted by Gasteiger charge is -2.22. The first-order valence-electron chi connectivity index (χ1n) is 6.27. The molecule has 2 rings (SSSR count). The summed E-state index contributed by atoms with van der Waals surface area (Å²) in [5.41, 5.74) is -0.211. The molecule has 0 radical (unpaired) electrons. The maximum atomic E-state index is 12.3.